The predicted octanol–water partition coefficient (Wildman–Crippen LogP) is 0.795. The number of carboxylic acids is 1. The third-order valence-corrected chi connectivity index (χ3v) is 1.70. The van der Waals surface area contributed by atoms with E-state index in [0.717, 1.165) is 17.0 Å². The van der Waals surface area contributed by atoms with Gasteiger partial charge in [0.25, 0.3) is 0 Å². The largest absolute Gasteiger partial charge is 0.480 e. The molecule has 0 bridgehead atoms. The molecule has 0 saturated carbocycles. The highest BCUT2D eigenvalue weighted by atomic mass is 19.1. The molecule has 2 amide bonds. The zero-order valence-corrected chi connectivity index (χ0v) is 7.68. The zero-order valence-electron chi connectivity index (χ0n) is 7.68. The van der Waals surface area contributed by atoms with E-state index in [-0.39, 0.29) is 5.69 Å². The van der Waals surface area contributed by atoms with Gasteiger partial charge in [-0.05, 0) is 24.3 Å². The van der Waals surface area contributed by atoms with Crippen LogP contribution in [0, 0.1) is 5.82 Å². The number of hydrogen-bond donors (Lipinski definition) is 2. The number of rotatable bonds is 3. The summed E-state index contributed by atoms with van der Waals surface area (Å²) in [6, 6.07) is 3.90. The molecule has 1 rings (SSSR count). The van der Waals surface area contributed by atoms with Gasteiger partial charge in [-0.15, -0.1) is 0 Å². The molecule has 0 heterocycles. The van der Waals surface area contributed by atoms with E-state index in [0.29, 0.717) is 0 Å². The van der Waals surface area contributed by atoms with Crippen molar-refractivity contribution in [2.75, 3.05) is 11.4 Å². The van der Waals surface area contributed by atoms with Crippen LogP contribution < -0.4 is 10.6 Å². The van der Waals surface area contributed by atoms with Gasteiger partial charge in [-0.2, -0.15) is 0 Å². The Hall–Kier alpha value is -2.11. The summed E-state index contributed by atoms with van der Waals surface area (Å²) in [4.78, 5) is 22.2. The number of carbonyl (C=O) groups excluding carboxylic acids is 1. The second-order valence-corrected chi connectivity index (χ2v) is 2.79. The standard InChI is InChI=1S/C9H9FN2O3/c10-6-1-3-7(4-2-6)12(9(11)15)5-8(13)14/h1-4H,5H2,(H2,11,15)(H,13,14). The maximum atomic E-state index is 12.6. The monoisotopic (exact) mass is 212 g/mol. The van der Waals surface area contributed by atoms with Gasteiger partial charge in [-0.1, -0.05) is 0 Å². The Balaban J connectivity index is 2.94. The number of carboxylic acid groups (broad SMARTS) is 1. The normalized spacial score (nSPS) is 9.67. The van der Waals surface area contributed by atoms with Gasteiger partial charge in [0.15, 0.2) is 0 Å². The van der Waals surface area contributed by atoms with Gasteiger partial charge in [0, 0.05) is 5.69 Å². The van der Waals surface area contributed by atoms with E-state index >= 15 is 0 Å². The Morgan fingerprint density at radius 2 is 1.87 bits per heavy atom. The molecule has 0 unspecified atom stereocenters. The van der Waals surface area contributed by atoms with Crippen molar-refractivity contribution in [3.8, 4) is 0 Å². The molecule has 0 aromatic heterocycles. The van der Waals surface area contributed by atoms with E-state index in [4.69, 9.17) is 10.8 Å². The lowest BCUT2D eigenvalue weighted by Crippen LogP contribution is -2.39. The first-order valence-corrected chi connectivity index (χ1v) is 4.05. The molecule has 15 heavy (non-hydrogen) atoms. The molecule has 1 aromatic rings. The van der Waals surface area contributed by atoms with Crippen LogP contribution in [-0.4, -0.2) is 23.7 Å². The number of nitrogens with zero attached hydrogens (tertiary/aromatic N) is 1. The van der Waals surface area contributed by atoms with Crippen LogP contribution >= 0.6 is 0 Å². The van der Waals surface area contributed by atoms with Crippen molar-refractivity contribution in [2.45, 2.75) is 0 Å². The number of primary amides is 1. The number of benzene rings is 1. The van der Waals surface area contributed by atoms with Gasteiger partial charge >= 0.3 is 12.0 Å². The average molecular weight is 212 g/mol. The van der Waals surface area contributed by atoms with E-state index in [2.05, 4.69) is 0 Å². The fraction of sp³-hybridized carbons (Fsp3) is 0.111. The minimum absolute atomic E-state index is 0.242. The molecule has 3 N–H and O–H groups in total. The topological polar surface area (TPSA) is 83.6 Å². The molecule has 0 aliphatic rings. The van der Waals surface area contributed by atoms with E-state index in [1.165, 1.54) is 12.1 Å². The number of hydrogen-bond acceptors (Lipinski definition) is 2. The van der Waals surface area contributed by atoms with Gasteiger partial charge < -0.3 is 10.8 Å². The molecule has 80 valence electrons. The summed E-state index contributed by atoms with van der Waals surface area (Å²) in [7, 11) is 0. The SMILES string of the molecule is NC(=O)N(CC(=O)O)c1ccc(F)cc1. The van der Waals surface area contributed by atoms with E-state index in [1.54, 1.807) is 0 Å². The average Bonchev–Trinajstić information content (AvgIpc) is 2.15. The van der Waals surface area contributed by atoms with Crippen molar-refractivity contribution < 1.29 is 19.1 Å². The number of aliphatic carboxylic acids is 1. The van der Waals surface area contributed by atoms with Gasteiger partial charge in [0.05, 0.1) is 0 Å². The first-order chi connectivity index (χ1) is 7.00. The highest BCUT2D eigenvalue weighted by Gasteiger charge is 2.15. The van der Waals surface area contributed by atoms with Gasteiger partial charge in [0.2, 0.25) is 0 Å². The van der Waals surface area contributed by atoms with Crippen molar-refractivity contribution in [3.05, 3.63) is 30.1 Å². The lowest BCUT2D eigenvalue weighted by Gasteiger charge is -2.17. The third-order valence-electron chi connectivity index (χ3n) is 1.70. The molecular formula is C9H9FN2O3. The molecule has 0 atom stereocenters. The quantitative estimate of drug-likeness (QED) is 0.777. The first kappa shape index (κ1) is 11.0. The summed E-state index contributed by atoms with van der Waals surface area (Å²) in [5.74, 6) is -1.67. The number of nitrogens with two attached hydrogens (primary N) is 1. The molecule has 5 nitrogen and oxygen atoms in total. The summed E-state index contributed by atoms with van der Waals surface area (Å²) >= 11 is 0. The number of carbonyl (C=O) groups is 2. The van der Waals surface area contributed by atoms with Crippen molar-refractivity contribution >= 4 is 17.7 Å². The fourth-order valence-corrected chi connectivity index (χ4v) is 1.05. The lowest BCUT2D eigenvalue weighted by molar-refractivity contribution is -0.135. The molecule has 0 radical (unpaired) electrons. The highest BCUT2D eigenvalue weighted by molar-refractivity contribution is 5.95. The predicted molar refractivity (Wildman–Crippen MR) is 51.0 cm³/mol. The smallest absolute Gasteiger partial charge is 0.323 e. The summed E-state index contributed by atoms with van der Waals surface area (Å²) in [5, 5.41) is 8.53. The maximum Gasteiger partial charge on any atom is 0.323 e. The minimum atomic E-state index is -1.20. The minimum Gasteiger partial charge on any atom is -0.480 e. The Labute approximate surface area is 84.9 Å². The summed E-state index contributed by atoms with van der Waals surface area (Å²) in [6.07, 6.45) is 0. The third kappa shape index (κ3) is 2.94. The summed E-state index contributed by atoms with van der Waals surface area (Å²) in [6.45, 7) is -0.555. The summed E-state index contributed by atoms with van der Waals surface area (Å²) in [5.41, 5.74) is 5.23. The summed E-state index contributed by atoms with van der Waals surface area (Å²) < 4.78 is 12.6. The number of anilines is 1. The van der Waals surface area contributed by atoms with Crippen LogP contribution in [0.2, 0.25) is 0 Å². The van der Waals surface area contributed by atoms with Crippen molar-refractivity contribution in [2.24, 2.45) is 5.73 Å². The van der Waals surface area contributed by atoms with E-state index in [1.807, 2.05) is 0 Å². The van der Waals surface area contributed by atoms with Crippen molar-refractivity contribution in [1.29, 1.82) is 0 Å². The molecule has 0 aliphatic carbocycles. The van der Waals surface area contributed by atoms with E-state index < -0.39 is 24.4 Å². The molecule has 0 aliphatic heterocycles. The van der Waals surface area contributed by atoms with Crippen molar-refractivity contribution in [3.63, 3.8) is 0 Å². The highest BCUT2D eigenvalue weighted by Crippen LogP contribution is 2.14. The van der Waals surface area contributed by atoms with Gasteiger partial charge in [-0.25, -0.2) is 9.18 Å². The number of halogens is 1. The molecule has 1 aromatic carbocycles. The van der Waals surface area contributed by atoms with Gasteiger partial charge in [0.1, 0.15) is 12.4 Å². The Kier molecular flexibility index (Phi) is 3.22. The van der Waals surface area contributed by atoms with Crippen LogP contribution in [0.15, 0.2) is 24.3 Å². The molecule has 0 spiro atoms. The van der Waals surface area contributed by atoms with Crippen LogP contribution in [0.1, 0.15) is 0 Å². The van der Waals surface area contributed by atoms with Crippen LogP contribution in [0.25, 0.3) is 0 Å². The number of urea groups is 1. The van der Waals surface area contributed by atoms with Crippen LogP contribution in [0.5, 0.6) is 0 Å². The van der Waals surface area contributed by atoms with Gasteiger partial charge in [-0.3, -0.25) is 9.69 Å². The second-order valence-electron chi connectivity index (χ2n) is 2.79. The lowest BCUT2D eigenvalue weighted by atomic mass is 10.3. The fourth-order valence-electron chi connectivity index (χ4n) is 1.05. The number of amides is 2. The first-order valence-electron chi connectivity index (χ1n) is 4.05. The Morgan fingerprint density at radius 3 is 2.27 bits per heavy atom. The Morgan fingerprint density at radius 1 is 1.33 bits per heavy atom. The molecular weight excluding hydrogens is 203 g/mol. The zero-order chi connectivity index (χ0) is 11.4. The molecule has 0 fully saturated rings. The van der Waals surface area contributed by atoms with Crippen LogP contribution in [0.4, 0.5) is 14.9 Å². The van der Waals surface area contributed by atoms with Crippen LogP contribution in [-0.2, 0) is 4.79 Å². The van der Waals surface area contributed by atoms with Crippen LogP contribution in [0.3, 0.4) is 0 Å². The Bertz CT molecular complexity index is 377. The van der Waals surface area contributed by atoms with Crippen molar-refractivity contribution in [1.82, 2.24) is 0 Å². The molecule has 6 heteroatoms. The van der Waals surface area contributed by atoms with E-state index in [9.17, 15) is 14.0 Å². The molecule has 0 saturated heterocycles. The second kappa shape index (κ2) is 4.41. The maximum absolute atomic E-state index is 12.6.